The molecule has 2 aromatic carbocycles. The molecular formula is C15H12ClN3O3. The van der Waals surface area contributed by atoms with Crippen LogP contribution in [0.1, 0.15) is 5.56 Å². The van der Waals surface area contributed by atoms with Crippen molar-refractivity contribution < 1.29 is 14.6 Å². The Morgan fingerprint density at radius 1 is 1.32 bits per heavy atom. The molecule has 1 atom stereocenters. The fourth-order valence-electron chi connectivity index (χ4n) is 2.08. The minimum atomic E-state index is -0.909. The Morgan fingerprint density at radius 3 is 2.73 bits per heavy atom. The maximum absolute atomic E-state index is 11.2. The van der Waals surface area contributed by atoms with Crippen LogP contribution in [0.5, 0.6) is 5.75 Å². The van der Waals surface area contributed by atoms with E-state index in [-0.39, 0.29) is 27.9 Å². The molecule has 6 nitrogen and oxygen atoms in total. The highest BCUT2D eigenvalue weighted by molar-refractivity contribution is 6.33. The molecule has 0 aliphatic carbocycles. The summed E-state index contributed by atoms with van der Waals surface area (Å²) in [6.45, 7) is 0. The molecule has 3 N–H and O–H groups in total. The predicted octanol–water partition coefficient (Wildman–Crippen LogP) is 2.35. The van der Waals surface area contributed by atoms with Gasteiger partial charge in [0.2, 0.25) is 12.1 Å². The number of hydrazone groups is 1. The molecule has 1 unspecified atom stereocenters. The minimum Gasteiger partial charge on any atom is -0.507 e. The highest BCUT2D eigenvalue weighted by Gasteiger charge is 2.31. The van der Waals surface area contributed by atoms with Gasteiger partial charge in [0, 0.05) is 6.07 Å². The van der Waals surface area contributed by atoms with E-state index in [4.69, 9.17) is 22.1 Å². The van der Waals surface area contributed by atoms with Crippen LogP contribution in [0.3, 0.4) is 0 Å². The lowest BCUT2D eigenvalue weighted by Crippen LogP contribution is -2.29. The molecule has 0 saturated carbocycles. The number of hydrogen-bond acceptors (Lipinski definition) is 6. The zero-order chi connectivity index (χ0) is 15.7. The van der Waals surface area contributed by atoms with E-state index in [0.717, 1.165) is 0 Å². The van der Waals surface area contributed by atoms with Crippen LogP contribution >= 0.6 is 11.6 Å². The maximum atomic E-state index is 11.2. The molecule has 22 heavy (non-hydrogen) atoms. The first-order valence-corrected chi connectivity index (χ1v) is 6.81. The molecule has 2 aromatic rings. The second kappa shape index (κ2) is 5.57. The number of hydrogen-bond donors (Lipinski definition) is 2. The van der Waals surface area contributed by atoms with E-state index in [1.54, 1.807) is 12.1 Å². The van der Waals surface area contributed by atoms with Crippen molar-refractivity contribution in [2.45, 2.75) is 6.23 Å². The van der Waals surface area contributed by atoms with Gasteiger partial charge in [0.05, 0.1) is 22.0 Å². The number of anilines is 2. The lowest BCUT2D eigenvalue weighted by atomic mass is 10.2. The molecule has 1 aliphatic rings. The van der Waals surface area contributed by atoms with E-state index >= 15 is 0 Å². The second-order valence-corrected chi connectivity index (χ2v) is 5.03. The average Bonchev–Trinajstić information content (AvgIpc) is 2.96. The van der Waals surface area contributed by atoms with E-state index in [2.05, 4.69) is 5.10 Å². The first-order valence-electron chi connectivity index (χ1n) is 6.43. The summed E-state index contributed by atoms with van der Waals surface area (Å²) in [5.41, 5.74) is 6.82. The van der Waals surface area contributed by atoms with Crippen LogP contribution in [0.2, 0.25) is 5.02 Å². The summed E-state index contributed by atoms with van der Waals surface area (Å²) in [6.07, 6.45) is -0.285. The first-order chi connectivity index (χ1) is 10.6. The topological polar surface area (TPSA) is 88.2 Å². The molecule has 1 aliphatic heterocycles. The summed E-state index contributed by atoms with van der Waals surface area (Å²) in [7, 11) is 0. The Morgan fingerprint density at radius 2 is 2.05 bits per heavy atom. The van der Waals surface area contributed by atoms with Gasteiger partial charge >= 0.3 is 0 Å². The van der Waals surface area contributed by atoms with Gasteiger partial charge in [-0.15, -0.1) is 5.10 Å². The monoisotopic (exact) mass is 317 g/mol. The van der Waals surface area contributed by atoms with Gasteiger partial charge in [0.25, 0.3) is 0 Å². The SMILES string of the molecule is Nc1cc(O)c(C2=NN(c3ccccc3)C(C=O)O2)cc1Cl. The van der Waals surface area contributed by atoms with Crippen molar-refractivity contribution in [3.8, 4) is 5.75 Å². The summed E-state index contributed by atoms with van der Waals surface area (Å²) in [5.74, 6) is -0.0273. The molecule has 1 heterocycles. The number of ether oxygens (including phenoxy) is 1. The van der Waals surface area contributed by atoms with Crippen LogP contribution in [0, 0.1) is 0 Å². The summed E-state index contributed by atoms with van der Waals surface area (Å²) in [4.78, 5) is 11.2. The van der Waals surface area contributed by atoms with Crippen LogP contribution in [0.4, 0.5) is 11.4 Å². The molecule has 7 heteroatoms. The Bertz CT molecular complexity index is 749. The number of rotatable bonds is 3. The van der Waals surface area contributed by atoms with Gasteiger partial charge in [-0.3, -0.25) is 4.79 Å². The van der Waals surface area contributed by atoms with E-state index < -0.39 is 6.23 Å². The molecule has 0 aromatic heterocycles. The molecule has 0 amide bonds. The van der Waals surface area contributed by atoms with Crippen molar-refractivity contribution in [2.24, 2.45) is 5.10 Å². The van der Waals surface area contributed by atoms with Crippen molar-refractivity contribution in [3.63, 3.8) is 0 Å². The fraction of sp³-hybridized carbons (Fsp3) is 0.0667. The Balaban J connectivity index is 2.02. The van der Waals surface area contributed by atoms with Crippen LogP contribution < -0.4 is 10.7 Å². The average molecular weight is 318 g/mol. The van der Waals surface area contributed by atoms with Gasteiger partial charge in [-0.1, -0.05) is 29.8 Å². The number of benzene rings is 2. The van der Waals surface area contributed by atoms with Crippen LogP contribution in [-0.4, -0.2) is 23.5 Å². The lowest BCUT2D eigenvalue weighted by molar-refractivity contribution is -0.113. The van der Waals surface area contributed by atoms with Gasteiger partial charge in [-0.05, 0) is 18.2 Å². The third kappa shape index (κ3) is 2.44. The molecular weight excluding hydrogens is 306 g/mol. The predicted molar refractivity (Wildman–Crippen MR) is 83.9 cm³/mol. The number of carbonyl (C=O) groups is 1. The number of phenolic OH excluding ortho intramolecular Hbond substituents is 1. The minimum absolute atomic E-state index is 0.0975. The third-order valence-corrected chi connectivity index (χ3v) is 3.48. The second-order valence-electron chi connectivity index (χ2n) is 4.62. The summed E-state index contributed by atoms with van der Waals surface area (Å²) >= 11 is 5.96. The zero-order valence-electron chi connectivity index (χ0n) is 11.3. The highest BCUT2D eigenvalue weighted by atomic mass is 35.5. The van der Waals surface area contributed by atoms with Crippen LogP contribution in [0.15, 0.2) is 47.6 Å². The Labute approximate surface area is 131 Å². The van der Waals surface area contributed by atoms with Crippen molar-refractivity contribution >= 4 is 35.2 Å². The standard InChI is InChI=1S/C15H12ClN3O3/c16-11-6-10(13(21)7-12(11)17)15-18-19(14(8-20)22-15)9-4-2-1-3-5-9/h1-8,14,21H,17H2. The molecule has 0 radical (unpaired) electrons. The number of nitrogens with two attached hydrogens (primary N) is 1. The normalized spacial score (nSPS) is 17.0. The largest absolute Gasteiger partial charge is 0.507 e. The summed E-state index contributed by atoms with van der Waals surface area (Å²) < 4.78 is 5.49. The smallest absolute Gasteiger partial charge is 0.249 e. The maximum Gasteiger partial charge on any atom is 0.249 e. The quantitative estimate of drug-likeness (QED) is 0.670. The number of phenols is 1. The van der Waals surface area contributed by atoms with Crippen molar-refractivity contribution in [1.29, 1.82) is 0 Å². The number of carbonyl (C=O) groups excluding carboxylic acids is 1. The van der Waals surface area contributed by atoms with Gasteiger partial charge in [-0.25, -0.2) is 5.01 Å². The van der Waals surface area contributed by atoms with Gasteiger partial charge in [0.15, 0.2) is 6.29 Å². The van der Waals surface area contributed by atoms with E-state index in [1.807, 2.05) is 18.2 Å². The van der Waals surface area contributed by atoms with E-state index in [9.17, 15) is 9.90 Å². The molecule has 3 rings (SSSR count). The van der Waals surface area contributed by atoms with Crippen molar-refractivity contribution in [3.05, 3.63) is 53.1 Å². The highest BCUT2D eigenvalue weighted by Crippen LogP contribution is 2.32. The summed E-state index contributed by atoms with van der Waals surface area (Å²) in [5, 5.41) is 15.9. The molecule has 112 valence electrons. The van der Waals surface area contributed by atoms with E-state index in [1.165, 1.54) is 17.1 Å². The molecule has 0 fully saturated rings. The van der Waals surface area contributed by atoms with Crippen molar-refractivity contribution in [1.82, 2.24) is 0 Å². The van der Waals surface area contributed by atoms with Gasteiger partial charge in [-0.2, -0.15) is 0 Å². The van der Waals surface area contributed by atoms with Crippen LogP contribution in [0.25, 0.3) is 0 Å². The number of nitrogens with zero attached hydrogens (tertiary/aromatic N) is 2. The molecule has 0 bridgehead atoms. The van der Waals surface area contributed by atoms with E-state index in [0.29, 0.717) is 12.0 Å². The molecule has 0 saturated heterocycles. The van der Waals surface area contributed by atoms with Gasteiger partial charge < -0.3 is 15.6 Å². The fourth-order valence-corrected chi connectivity index (χ4v) is 2.24. The number of aromatic hydroxyl groups is 1. The number of aldehydes is 1. The number of para-hydroxylation sites is 1. The van der Waals surface area contributed by atoms with Crippen molar-refractivity contribution in [2.75, 3.05) is 10.7 Å². The first kappa shape index (κ1) is 14.2. The number of nitrogen functional groups attached to an aromatic ring is 1. The molecule has 0 spiro atoms. The van der Waals surface area contributed by atoms with Crippen LogP contribution in [-0.2, 0) is 9.53 Å². The zero-order valence-corrected chi connectivity index (χ0v) is 12.1. The Kier molecular flexibility index (Phi) is 3.60. The Hall–Kier alpha value is -2.73. The lowest BCUT2D eigenvalue weighted by Gasteiger charge is -2.16. The van der Waals surface area contributed by atoms with Gasteiger partial charge in [0.1, 0.15) is 5.75 Å². The third-order valence-electron chi connectivity index (χ3n) is 3.15. The number of halogens is 1. The summed E-state index contributed by atoms with van der Waals surface area (Å²) in [6, 6.07) is 11.8.